The van der Waals surface area contributed by atoms with Gasteiger partial charge in [0.1, 0.15) is 16.4 Å². The van der Waals surface area contributed by atoms with Crippen LogP contribution in [-0.2, 0) is 9.53 Å². The van der Waals surface area contributed by atoms with E-state index in [9.17, 15) is 9.59 Å². The van der Waals surface area contributed by atoms with Crippen molar-refractivity contribution in [3.63, 3.8) is 0 Å². The van der Waals surface area contributed by atoms with Crippen LogP contribution in [0.3, 0.4) is 0 Å². The molecule has 0 saturated heterocycles. The number of aromatic amines is 1. The average molecular weight is 309 g/mol. The molecule has 1 aromatic rings. The predicted octanol–water partition coefficient (Wildman–Crippen LogP) is 2.60. The summed E-state index contributed by atoms with van der Waals surface area (Å²) in [4.78, 5) is 24.3. The molecule has 0 spiro atoms. The molecular weight excluding hydrogens is 290 g/mol. The Morgan fingerprint density at radius 3 is 2.95 bits per heavy atom. The first-order valence-corrected chi connectivity index (χ1v) is 8.15. The number of thioether (sulfide) groups is 1. The molecule has 1 aliphatic carbocycles. The molecule has 1 aliphatic rings. The van der Waals surface area contributed by atoms with Crippen molar-refractivity contribution in [1.29, 1.82) is 0 Å². The average Bonchev–Trinajstić information content (AvgIpc) is 2.91. The Balaban J connectivity index is 2.15. The summed E-state index contributed by atoms with van der Waals surface area (Å²) in [5.41, 5.74) is 0.295. The number of hydrogen-bond donors (Lipinski definition) is 2. The smallest absolute Gasteiger partial charge is 0.344 e. The van der Waals surface area contributed by atoms with Crippen LogP contribution in [-0.4, -0.2) is 34.9 Å². The first kappa shape index (κ1) is 15.6. The van der Waals surface area contributed by atoms with E-state index in [4.69, 9.17) is 4.74 Å². The van der Waals surface area contributed by atoms with E-state index in [-0.39, 0.29) is 18.4 Å². The second-order valence-electron chi connectivity index (χ2n) is 4.67. The van der Waals surface area contributed by atoms with E-state index < -0.39 is 5.97 Å². The van der Waals surface area contributed by atoms with Gasteiger partial charge in [0.15, 0.2) is 0 Å². The number of hydrogen-bond acceptors (Lipinski definition) is 5. The lowest BCUT2D eigenvalue weighted by Gasteiger charge is -2.16. The zero-order chi connectivity index (χ0) is 15.2. The maximum absolute atomic E-state index is 12.2. The number of aromatic nitrogens is 2. The van der Waals surface area contributed by atoms with Crippen molar-refractivity contribution in [1.82, 2.24) is 10.2 Å². The van der Waals surface area contributed by atoms with E-state index in [2.05, 4.69) is 21.6 Å². The molecule has 0 aliphatic heterocycles. The largest absolute Gasteiger partial charge is 0.462 e. The Morgan fingerprint density at radius 2 is 2.33 bits per heavy atom. The van der Waals surface area contributed by atoms with Crippen LogP contribution in [0.25, 0.3) is 0 Å². The molecule has 0 saturated carbocycles. The fourth-order valence-electron chi connectivity index (χ4n) is 2.21. The third-order valence-corrected chi connectivity index (χ3v) is 3.98. The standard InChI is InChI=1S/C14H19N3O3S/c1-3-20-14(19)10-11(16-17-13(10)21-2)15-12(18)9-7-5-4-6-8-9/h4-5,9H,3,6-8H2,1-2H3,(H2,15,16,17,18). The highest BCUT2D eigenvalue weighted by atomic mass is 32.2. The van der Waals surface area contributed by atoms with Gasteiger partial charge in [-0.05, 0) is 32.4 Å². The SMILES string of the molecule is CCOC(=O)c1c(SC)n[nH]c1NC(=O)C1CC=CCC1. The van der Waals surface area contributed by atoms with Crippen LogP contribution in [0.5, 0.6) is 0 Å². The van der Waals surface area contributed by atoms with Gasteiger partial charge in [0, 0.05) is 5.92 Å². The number of allylic oxidation sites excluding steroid dienone is 2. The third-order valence-electron chi connectivity index (χ3n) is 3.29. The monoisotopic (exact) mass is 309 g/mol. The van der Waals surface area contributed by atoms with Crippen LogP contribution in [0, 0.1) is 5.92 Å². The Hall–Kier alpha value is -1.76. The molecule has 1 amide bonds. The molecular formula is C14H19N3O3S. The molecule has 1 heterocycles. The number of nitrogens with one attached hydrogen (secondary N) is 2. The quantitative estimate of drug-likeness (QED) is 0.496. The zero-order valence-electron chi connectivity index (χ0n) is 12.1. The van der Waals surface area contributed by atoms with Crippen molar-refractivity contribution in [2.24, 2.45) is 5.92 Å². The van der Waals surface area contributed by atoms with Gasteiger partial charge in [0.25, 0.3) is 0 Å². The maximum atomic E-state index is 12.2. The summed E-state index contributed by atoms with van der Waals surface area (Å²) < 4.78 is 5.02. The summed E-state index contributed by atoms with van der Waals surface area (Å²) in [5, 5.41) is 10.0. The molecule has 1 atom stereocenters. The predicted molar refractivity (Wildman–Crippen MR) is 81.4 cm³/mol. The molecule has 0 bridgehead atoms. The van der Waals surface area contributed by atoms with Crippen molar-refractivity contribution in [2.45, 2.75) is 31.2 Å². The second kappa shape index (κ2) is 7.31. The Kier molecular flexibility index (Phi) is 5.44. The van der Waals surface area contributed by atoms with E-state index in [1.165, 1.54) is 11.8 Å². The number of anilines is 1. The molecule has 2 N–H and O–H groups in total. The first-order valence-electron chi connectivity index (χ1n) is 6.92. The van der Waals surface area contributed by atoms with E-state index in [1.54, 1.807) is 6.92 Å². The summed E-state index contributed by atoms with van der Waals surface area (Å²) in [6, 6.07) is 0. The number of esters is 1. The van der Waals surface area contributed by atoms with Crippen molar-refractivity contribution >= 4 is 29.5 Å². The van der Waals surface area contributed by atoms with Crippen LogP contribution >= 0.6 is 11.8 Å². The van der Waals surface area contributed by atoms with Gasteiger partial charge < -0.3 is 10.1 Å². The lowest BCUT2D eigenvalue weighted by Crippen LogP contribution is -2.24. The van der Waals surface area contributed by atoms with Gasteiger partial charge in [0.2, 0.25) is 5.91 Å². The number of ether oxygens (including phenoxy) is 1. The molecule has 0 fully saturated rings. The van der Waals surface area contributed by atoms with Crippen LogP contribution in [0.4, 0.5) is 5.82 Å². The van der Waals surface area contributed by atoms with Crippen LogP contribution in [0.2, 0.25) is 0 Å². The fraction of sp³-hybridized carbons (Fsp3) is 0.500. The Labute approximate surface area is 127 Å². The number of carbonyl (C=O) groups excluding carboxylic acids is 2. The normalized spacial score (nSPS) is 17.5. The van der Waals surface area contributed by atoms with Crippen LogP contribution in [0.1, 0.15) is 36.5 Å². The van der Waals surface area contributed by atoms with Gasteiger partial charge in [-0.2, -0.15) is 5.10 Å². The van der Waals surface area contributed by atoms with Gasteiger partial charge >= 0.3 is 5.97 Å². The summed E-state index contributed by atoms with van der Waals surface area (Å²) >= 11 is 1.33. The number of amides is 1. The molecule has 2 rings (SSSR count). The number of nitrogens with zero attached hydrogens (tertiary/aromatic N) is 1. The summed E-state index contributed by atoms with van der Waals surface area (Å²) in [6.45, 7) is 2.02. The van der Waals surface area contributed by atoms with E-state index in [0.717, 1.165) is 19.3 Å². The molecule has 114 valence electrons. The molecule has 7 heteroatoms. The minimum absolute atomic E-state index is 0.0638. The van der Waals surface area contributed by atoms with Gasteiger partial charge in [-0.15, -0.1) is 11.8 Å². The Morgan fingerprint density at radius 1 is 1.52 bits per heavy atom. The Bertz CT molecular complexity index is 554. The second-order valence-corrected chi connectivity index (χ2v) is 5.47. The molecule has 21 heavy (non-hydrogen) atoms. The highest BCUT2D eigenvalue weighted by Crippen LogP contribution is 2.27. The fourth-order valence-corrected chi connectivity index (χ4v) is 2.74. The van der Waals surface area contributed by atoms with Crippen molar-refractivity contribution in [3.8, 4) is 0 Å². The molecule has 1 aromatic heterocycles. The van der Waals surface area contributed by atoms with Gasteiger partial charge in [0.05, 0.1) is 6.61 Å². The number of carbonyl (C=O) groups is 2. The third kappa shape index (κ3) is 3.66. The minimum atomic E-state index is -0.477. The van der Waals surface area contributed by atoms with E-state index in [1.807, 2.05) is 12.3 Å². The summed E-state index contributed by atoms with van der Waals surface area (Å²) in [7, 11) is 0. The van der Waals surface area contributed by atoms with Gasteiger partial charge in [-0.25, -0.2) is 4.79 Å². The minimum Gasteiger partial charge on any atom is -0.462 e. The zero-order valence-corrected chi connectivity index (χ0v) is 13.0. The van der Waals surface area contributed by atoms with Crippen molar-refractivity contribution < 1.29 is 14.3 Å². The molecule has 6 nitrogen and oxygen atoms in total. The topological polar surface area (TPSA) is 84.1 Å². The number of rotatable bonds is 5. The van der Waals surface area contributed by atoms with Gasteiger partial charge in [-0.3, -0.25) is 9.89 Å². The molecule has 0 aromatic carbocycles. The van der Waals surface area contributed by atoms with E-state index in [0.29, 0.717) is 16.4 Å². The number of H-pyrrole nitrogens is 1. The first-order chi connectivity index (χ1) is 10.2. The van der Waals surface area contributed by atoms with Gasteiger partial charge in [-0.1, -0.05) is 12.2 Å². The van der Waals surface area contributed by atoms with Crippen LogP contribution in [0.15, 0.2) is 17.2 Å². The lowest BCUT2D eigenvalue weighted by molar-refractivity contribution is -0.120. The lowest BCUT2D eigenvalue weighted by atomic mass is 9.94. The van der Waals surface area contributed by atoms with Crippen molar-refractivity contribution in [3.05, 3.63) is 17.7 Å². The summed E-state index contributed by atoms with van der Waals surface area (Å²) in [6.07, 6.45) is 8.36. The molecule has 0 radical (unpaired) electrons. The molecule has 1 unspecified atom stereocenters. The maximum Gasteiger partial charge on any atom is 0.344 e. The highest BCUT2D eigenvalue weighted by molar-refractivity contribution is 7.98. The highest BCUT2D eigenvalue weighted by Gasteiger charge is 2.25. The van der Waals surface area contributed by atoms with E-state index >= 15 is 0 Å². The van der Waals surface area contributed by atoms with Crippen molar-refractivity contribution in [2.75, 3.05) is 18.2 Å². The van der Waals surface area contributed by atoms with Crippen LogP contribution < -0.4 is 5.32 Å². The summed E-state index contributed by atoms with van der Waals surface area (Å²) in [5.74, 6) is -0.320.